The van der Waals surface area contributed by atoms with Gasteiger partial charge >= 0.3 is 0 Å². The zero-order valence-electron chi connectivity index (χ0n) is 12.8. The van der Waals surface area contributed by atoms with Crippen LogP contribution in [0, 0.1) is 0 Å². The third-order valence-electron chi connectivity index (χ3n) is 3.06. The summed E-state index contributed by atoms with van der Waals surface area (Å²) >= 11 is 5.77. The number of nitrogens with one attached hydrogen (secondary N) is 1. The number of rotatable bonds is 6. The Balaban J connectivity index is 1.98. The van der Waals surface area contributed by atoms with Crippen molar-refractivity contribution in [3.8, 4) is 5.75 Å². The molecule has 24 heavy (non-hydrogen) atoms. The predicted molar refractivity (Wildman–Crippen MR) is 88.1 cm³/mol. The topological polar surface area (TPSA) is 90.8 Å². The Kier molecular flexibility index (Phi) is 5.92. The van der Waals surface area contributed by atoms with Crippen molar-refractivity contribution in [3.05, 3.63) is 64.7 Å². The highest BCUT2D eigenvalue weighted by molar-refractivity contribution is 6.30. The molecule has 1 N–H and O–H groups in total. The number of carbonyl (C=O) groups is 2. The van der Waals surface area contributed by atoms with Gasteiger partial charge in [0.05, 0.1) is 11.7 Å². The Hall–Kier alpha value is -2.86. The second kappa shape index (κ2) is 8.12. The average Bonchev–Trinajstić information content (AvgIpc) is 2.58. The van der Waals surface area contributed by atoms with Crippen molar-refractivity contribution < 1.29 is 19.4 Å². The molecule has 0 saturated carbocycles. The Morgan fingerprint density at radius 2 is 1.67 bits per heavy atom. The molecule has 0 aliphatic rings. The minimum atomic E-state index is -1.29. The number of aliphatic carboxylic acids is 1. The lowest BCUT2D eigenvalue weighted by atomic mass is 10.1. The summed E-state index contributed by atoms with van der Waals surface area (Å²) in [4.78, 5) is 22.3. The lowest BCUT2D eigenvalue weighted by Crippen LogP contribution is -2.28. The summed E-state index contributed by atoms with van der Waals surface area (Å²) in [5.74, 6) is -1.23. The first-order valence-electron chi connectivity index (χ1n) is 6.99. The van der Waals surface area contributed by atoms with E-state index in [9.17, 15) is 14.7 Å². The van der Waals surface area contributed by atoms with Crippen molar-refractivity contribution in [2.24, 2.45) is 5.10 Å². The van der Waals surface area contributed by atoms with Crippen LogP contribution < -0.4 is 15.3 Å². The van der Waals surface area contributed by atoms with Gasteiger partial charge in [0.25, 0.3) is 5.91 Å². The zero-order valence-corrected chi connectivity index (χ0v) is 13.5. The molecule has 0 aromatic heterocycles. The number of carbonyl (C=O) groups excluding carboxylic acids is 2. The van der Waals surface area contributed by atoms with Crippen LogP contribution in [0.2, 0.25) is 5.02 Å². The van der Waals surface area contributed by atoms with Gasteiger partial charge in [0.15, 0.2) is 0 Å². The third kappa shape index (κ3) is 5.10. The average molecular weight is 346 g/mol. The minimum Gasteiger partial charge on any atom is -0.546 e. The SMILES string of the molecule is C/C(=N/NC(=O)c1ccc(Cl)cc1)c1ccc(OCC(=O)[O-])cc1. The highest BCUT2D eigenvalue weighted by Crippen LogP contribution is 2.13. The van der Waals surface area contributed by atoms with Gasteiger partial charge in [-0.3, -0.25) is 4.79 Å². The molecule has 0 fully saturated rings. The molecule has 0 atom stereocenters. The maximum Gasteiger partial charge on any atom is 0.271 e. The van der Waals surface area contributed by atoms with Crippen LogP contribution in [-0.2, 0) is 4.79 Å². The van der Waals surface area contributed by atoms with E-state index in [4.69, 9.17) is 16.3 Å². The van der Waals surface area contributed by atoms with Gasteiger partial charge in [-0.05, 0) is 61.0 Å². The first-order chi connectivity index (χ1) is 11.5. The molecule has 0 saturated heterocycles. The summed E-state index contributed by atoms with van der Waals surface area (Å²) in [6.45, 7) is 1.22. The van der Waals surface area contributed by atoms with Gasteiger partial charge in [-0.1, -0.05) is 11.6 Å². The Morgan fingerprint density at radius 3 is 2.25 bits per heavy atom. The molecule has 2 aromatic carbocycles. The molecule has 0 heterocycles. The van der Waals surface area contributed by atoms with Gasteiger partial charge in [-0.15, -0.1) is 0 Å². The highest BCUT2D eigenvalue weighted by Gasteiger charge is 2.05. The first kappa shape index (κ1) is 17.5. The summed E-state index contributed by atoms with van der Waals surface area (Å²) in [5, 5.41) is 14.9. The van der Waals surface area contributed by atoms with E-state index < -0.39 is 12.6 Å². The second-order valence-corrected chi connectivity index (χ2v) is 5.27. The monoisotopic (exact) mass is 345 g/mol. The standard InChI is InChI=1S/C17H15ClN2O4/c1-11(12-4-8-15(9-5-12)24-10-16(21)22)19-20-17(23)13-2-6-14(18)7-3-13/h2-9H,10H2,1H3,(H,20,23)(H,21,22)/p-1/b19-11-. The Morgan fingerprint density at radius 1 is 1.08 bits per heavy atom. The van der Waals surface area contributed by atoms with E-state index in [1.54, 1.807) is 55.5 Å². The summed E-state index contributed by atoms with van der Waals surface area (Å²) in [5.41, 5.74) is 4.25. The quantitative estimate of drug-likeness (QED) is 0.636. The number of nitrogens with zero attached hydrogens (tertiary/aromatic N) is 1. The number of ether oxygens (including phenoxy) is 1. The van der Waals surface area contributed by atoms with Crippen molar-refractivity contribution >= 4 is 29.2 Å². The highest BCUT2D eigenvalue weighted by atomic mass is 35.5. The molecule has 0 aliphatic carbocycles. The molecule has 2 aromatic rings. The largest absolute Gasteiger partial charge is 0.546 e. The fraction of sp³-hybridized carbons (Fsp3) is 0.118. The molecule has 0 spiro atoms. The number of hydrogen-bond acceptors (Lipinski definition) is 5. The Bertz CT molecular complexity index is 755. The maximum absolute atomic E-state index is 12.0. The number of carboxylic acids is 1. The number of halogens is 1. The number of carboxylic acid groups (broad SMARTS) is 1. The molecular weight excluding hydrogens is 332 g/mol. The molecule has 7 heteroatoms. The van der Waals surface area contributed by atoms with Gasteiger partial charge < -0.3 is 14.6 Å². The fourth-order valence-electron chi connectivity index (χ4n) is 1.80. The van der Waals surface area contributed by atoms with E-state index in [1.165, 1.54) is 0 Å². The summed E-state index contributed by atoms with van der Waals surface area (Å²) in [7, 11) is 0. The molecule has 0 aliphatic heterocycles. The van der Waals surface area contributed by atoms with Crippen LogP contribution in [0.25, 0.3) is 0 Å². The van der Waals surface area contributed by atoms with Crippen molar-refractivity contribution in [1.29, 1.82) is 0 Å². The van der Waals surface area contributed by atoms with E-state index in [0.717, 1.165) is 5.56 Å². The van der Waals surface area contributed by atoms with Crippen molar-refractivity contribution in [3.63, 3.8) is 0 Å². The van der Waals surface area contributed by atoms with Gasteiger partial charge in [0.1, 0.15) is 12.4 Å². The van der Waals surface area contributed by atoms with E-state index >= 15 is 0 Å². The van der Waals surface area contributed by atoms with Crippen LogP contribution in [0.5, 0.6) is 5.75 Å². The fourth-order valence-corrected chi connectivity index (χ4v) is 1.93. The van der Waals surface area contributed by atoms with Crippen molar-refractivity contribution in [2.45, 2.75) is 6.92 Å². The number of benzene rings is 2. The van der Waals surface area contributed by atoms with E-state index in [0.29, 0.717) is 22.0 Å². The number of hydrazone groups is 1. The normalized spacial score (nSPS) is 11.0. The minimum absolute atomic E-state index is 0.347. The van der Waals surface area contributed by atoms with E-state index in [1.807, 2.05) is 0 Å². The Labute approximate surface area is 143 Å². The number of hydrogen-bond donors (Lipinski definition) is 1. The molecular formula is C17H14ClN2O4-. The lowest BCUT2D eigenvalue weighted by molar-refractivity contribution is -0.307. The second-order valence-electron chi connectivity index (χ2n) is 4.83. The predicted octanol–water partition coefficient (Wildman–Crippen LogP) is 1.62. The van der Waals surface area contributed by atoms with Crippen molar-refractivity contribution in [2.75, 3.05) is 6.61 Å². The van der Waals surface area contributed by atoms with Crippen LogP contribution in [0.1, 0.15) is 22.8 Å². The summed E-state index contributed by atoms with van der Waals surface area (Å²) in [6, 6.07) is 13.1. The van der Waals surface area contributed by atoms with Crippen LogP contribution in [0.4, 0.5) is 0 Å². The first-order valence-corrected chi connectivity index (χ1v) is 7.37. The van der Waals surface area contributed by atoms with E-state index in [2.05, 4.69) is 10.5 Å². The van der Waals surface area contributed by atoms with Crippen LogP contribution in [0.3, 0.4) is 0 Å². The lowest BCUT2D eigenvalue weighted by Gasteiger charge is -2.07. The number of amides is 1. The third-order valence-corrected chi connectivity index (χ3v) is 3.31. The molecule has 6 nitrogen and oxygen atoms in total. The molecule has 0 radical (unpaired) electrons. The molecule has 0 bridgehead atoms. The van der Waals surface area contributed by atoms with Gasteiger partial charge in [-0.25, -0.2) is 5.43 Å². The molecule has 124 valence electrons. The molecule has 0 unspecified atom stereocenters. The van der Waals surface area contributed by atoms with Crippen LogP contribution in [0.15, 0.2) is 53.6 Å². The van der Waals surface area contributed by atoms with Gasteiger partial charge in [0.2, 0.25) is 0 Å². The smallest absolute Gasteiger partial charge is 0.271 e. The van der Waals surface area contributed by atoms with Crippen molar-refractivity contribution in [1.82, 2.24) is 5.43 Å². The van der Waals surface area contributed by atoms with Crippen LogP contribution in [-0.4, -0.2) is 24.2 Å². The zero-order chi connectivity index (χ0) is 17.5. The van der Waals surface area contributed by atoms with Gasteiger partial charge in [0, 0.05) is 10.6 Å². The molecule has 1 amide bonds. The van der Waals surface area contributed by atoms with Gasteiger partial charge in [-0.2, -0.15) is 5.10 Å². The molecule has 2 rings (SSSR count). The maximum atomic E-state index is 12.0. The van der Waals surface area contributed by atoms with Crippen LogP contribution >= 0.6 is 11.6 Å². The summed E-state index contributed by atoms with van der Waals surface area (Å²) < 4.78 is 4.99. The summed E-state index contributed by atoms with van der Waals surface area (Å²) in [6.07, 6.45) is 0. The van der Waals surface area contributed by atoms with E-state index in [-0.39, 0.29) is 5.91 Å².